The van der Waals surface area contributed by atoms with Gasteiger partial charge in [-0.2, -0.15) is 0 Å². The van der Waals surface area contributed by atoms with E-state index in [4.69, 9.17) is 10.5 Å². The van der Waals surface area contributed by atoms with E-state index in [1.165, 1.54) is 0 Å². The maximum atomic E-state index is 11.2. The minimum absolute atomic E-state index is 0.0104. The van der Waals surface area contributed by atoms with Crippen LogP contribution >= 0.6 is 0 Å². The molecule has 0 heterocycles. The molecule has 0 unspecified atom stereocenters. The van der Waals surface area contributed by atoms with Gasteiger partial charge >= 0.3 is 0 Å². The van der Waals surface area contributed by atoms with Crippen molar-refractivity contribution in [3.05, 3.63) is 22.8 Å². The van der Waals surface area contributed by atoms with Gasteiger partial charge in [0.15, 0.2) is 0 Å². The molecule has 1 amide bonds. The number of hydrogen-bond donors (Lipinski definition) is 2. The summed E-state index contributed by atoms with van der Waals surface area (Å²) in [4.78, 5) is 11.2. The molecule has 1 aromatic carbocycles. The van der Waals surface area contributed by atoms with Crippen LogP contribution in [0.25, 0.3) is 0 Å². The van der Waals surface area contributed by atoms with Gasteiger partial charge in [-0.25, -0.2) is 0 Å². The van der Waals surface area contributed by atoms with Gasteiger partial charge in [-0.15, -0.1) is 0 Å². The largest absolute Gasteiger partial charge is 0.496 e. The number of carbonyl (C=O) groups is 1. The van der Waals surface area contributed by atoms with Crippen LogP contribution in [-0.4, -0.2) is 19.6 Å². The second-order valence-corrected chi connectivity index (χ2v) is 3.78. The molecule has 0 fully saturated rings. The topological polar surface area (TPSA) is 64.3 Å². The normalized spacial score (nSPS) is 10.1. The number of methoxy groups -OCH3 is 1. The zero-order chi connectivity index (χ0) is 12.3. The first-order valence-electron chi connectivity index (χ1n) is 5.16. The van der Waals surface area contributed by atoms with E-state index in [-0.39, 0.29) is 12.5 Å². The number of aryl methyl sites for hydroxylation is 1. The number of hydrogen-bond acceptors (Lipinski definition) is 3. The highest BCUT2D eigenvalue weighted by Gasteiger charge is 2.11. The van der Waals surface area contributed by atoms with Crippen molar-refractivity contribution in [2.45, 2.75) is 20.8 Å². The third-order valence-electron chi connectivity index (χ3n) is 2.69. The lowest BCUT2D eigenvalue weighted by Gasteiger charge is -2.15. The fourth-order valence-electron chi connectivity index (χ4n) is 1.70. The molecule has 88 valence electrons. The van der Waals surface area contributed by atoms with E-state index in [0.29, 0.717) is 0 Å². The van der Waals surface area contributed by atoms with E-state index < -0.39 is 0 Å². The fourth-order valence-corrected chi connectivity index (χ4v) is 1.70. The SMILES string of the molecule is COc1c(C)cc(NC(=O)CN)c(C)c1C. The molecule has 0 saturated carbocycles. The second-order valence-electron chi connectivity index (χ2n) is 3.78. The van der Waals surface area contributed by atoms with Gasteiger partial charge in [0.05, 0.1) is 13.7 Å². The molecule has 0 atom stereocenters. The summed E-state index contributed by atoms with van der Waals surface area (Å²) in [6.45, 7) is 5.86. The Morgan fingerprint density at radius 3 is 2.50 bits per heavy atom. The zero-order valence-corrected chi connectivity index (χ0v) is 10.2. The Morgan fingerprint density at radius 1 is 1.38 bits per heavy atom. The van der Waals surface area contributed by atoms with Gasteiger partial charge in [0.1, 0.15) is 5.75 Å². The Bertz CT molecular complexity index is 414. The zero-order valence-electron chi connectivity index (χ0n) is 10.2. The Kier molecular flexibility index (Phi) is 3.90. The van der Waals surface area contributed by atoms with Crippen molar-refractivity contribution >= 4 is 11.6 Å². The summed E-state index contributed by atoms with van der Waals surface area (Å²) in [6.07, 6.45) is 0. The third kappa shape index (κ3) is 2.33. The van der Waals surface area contributed by atoms with E-state index in [2.05, 4.69) is 5.32 Å². The first-order valence-corrected chi connectivity index (χ1v) is 5.16. The van der Waals surface area contributed by atoms with E-state index in [1.807, 2.05) is 26.8 Å². The van der Waals surface area contributed by atoms with Crippen molar-refractivity contribution in [2.75, 3.05) is 19.0 Å². The van der Waals surface area contributed by atoms with Crippen LogP contribution in [0.15, 0.2) is 6.07 Å². The average molecular weight is 222 g/mol. The van der Waals surface area contributed by atoms with Crippen molar-refractivity contribution in [1.29, 1.82) is 0 Å². The molecular weight excluding hydrogens is 204 g/mol. The highest BCUT2D eigenvalue weighted by Crippen LogP contribution is 2.31. The lowest BCUT2D eigenvalue weighted by atomic mass is 10.0. The summed E-state index contributed by atoms with van der Waals surface area (Å²) < 4.78 is 5.31. The van der Waals surface area contributed by atoms with Crippen LogP contribution in [0.3, 0.4) is 0 Å². The minimum Gasteiger partial charge on any atom is -0.496 e. The quantitative estimate of drug-likeness (QED) is 0.815. The van der Waals surface area contributed by atoms with Crippen LogP contribution in [0.1, 0.15) is 16.7 Å². The first-order chi connectivity index (χ1) is 7.51. The van der Waals surface area contributed by atoms with Gasteiger partial charge in [0.2, 0.25) is 5.91 Å². The fraction of sp³-hybridized carbons (Fsp3) is 0.417. The first kappa shape index (κ1) is 12.5. The van der Waals surface area contributed by atoms with E-state index in [9.17, 15) is 4.79 Å². The molecule has 0 spiro atoms. The van der Waals surface area contributed by atoms with Gasteiger partial charge in [-0.1, -0.05) is 0 Å². The number of benzene rings is 1. The lowest BCUT2D eigenvalue weighted by Crippen LogP contribution is -2.22. The van der Waals surface area contributed by atoms with Crippen LogP contribution in [0, 0.1) is 20.8 Å². The Hall–Kier alpha value is -1.55. The maximum absolute atomic E-state index is 11.2. The molecule has 0 aliphatic heterocycles. The second kappa shape index (κ2) is 4.99. The molecule has 4 heteroatoms. The lowest BCUT2D eigenvalue weighted by molar-refractivity contribution is -0.114. The van der Waals surface area contributed by atoms with Gasteiger partial charge in [-0.3, -0.25) is 4.79 Å². The van der Waals surface area contributed by atoms with Crippen LogP contribution in [0.2, 0.25) is 0 Å². The Balaban J connectivity index is 3.18. The third-order valence-corrected chi connectivity index (χ3v) is 2.69. The van der Waals surface area contributed by atoms with E-state index in [0.717, 1.165) is 28.1 Å². The highest BCUT2D eigenvalue weighted by molar-refractivity contribution is 5.93. The van der Waals surface area contributed by atoms with Gasteiger partial charge < -0.3 is 15.8 Å². The molecule has 0 radical (unpaired) electrons. The molecule has 0 aromatic heterocycles. The van der Waals surface area contributed by atoms with Crippen molar-refractivity contribution in [3.8, 4) is 5.75 Å². The number of rotatable bonds is 3. The predicted octanol–water partition coefficient (Wildman–Crippen LogP) is 1.52. The molecule has 0 saturated heterocycles. The smallest absolute Gasteiger partial charge is 0.238 e. The molecule has 16 heavy (non-hydrogen) atoms. The van der Waals surface area contributed by atoms with Gasteiger partial charge in [0.25, 0.3) is 0 Å². The summed E-state index contributed by atoms with van der Waals surface area (Å²) in [5.74, 6) is 0.676. The Morgan fingerprint density at radius 2 is 2.00 bits per heavy atom. The molecule has 1 aromatic rings. The van der Waals surface area contributed by atoms with Crippen molar-refractivity contribution in [2.24, 2.45) is 5.73 Å². The number of nitrogens with one attached hydrogen (secondary N) is 1. The Labute approximate surface area is 95.8 Å². The van der Waals surface area contributed by atoms with E-state index >= 15 is 0 Å². The summed E-state index contributed by atoms with van der Waals surface area (Å²) >= 11 is 0. The van der Waals surface area contributed by atoms with Crippen molar-refractivity contribution in [1.82, 2.24) is 0 Å². The average Bonchev–Trinajstić information content (AvgIpc) is 2.26. The highest BCUT2D eigenvalue weighted by atomic mass is 16.5. The molecule has 3 N–H and O–H groups in total. The summed E-state index contributed by atoms with van der Waals surface area (Å²) in [5.41, 5.74) is 9.10. The predicted molar refractivity (Wildman–Crippen MR) is 64.9 cm³/mol. The number of nitrogens with two attached hydrogens (primary N) is 1. The standard InChI is InChI=1S/C12H18N2O2/c1-7-5-10(14-11(15)6-13)8(2)9(3)12(7)16-4/h5H,6,13H2,1-4H3,(H,14,15). The van der Waals surface area contributed by atoms with Crippen LogP contribution in [0.4, 0.5) is 5.69 Å². The summed E-state index contributed by atoms with van der Waals surface area (Å²) in [6, 6.07) is 1.90. The molecule has 0 aliphatic rings. The number of carbonyl (C=O) groups excluding carboxylic acids is 1. The maximum Gasteiger partial charge on any atom is 0.238 e. The summed E-state index contributed by atoms with van der Waals surface area (Å²) in [7, 11) is 1.65. The van der Waals surface area contributed by atoms with Gasteiger partial charge in [0, 0.05) is 5.69 Å². The van der Waals surface area contributed by atoms with Gasteiger partial charge in [-0.05, 0) is 43.5 Å². The number of amides is 1. The van der Waals surface area contributed by atoms with Crippen molar-refractivity contribution < 1.29 is 9.53 Å². The van der Waals surface area contributed by atoms with Crippen LogP contribution in [0.5, 0.6) is 5.75 Å². The van der Waals surface area contributed by atoms with Crippen LogP contribution < -0.4 is 15.8 Å². The molecular formula is C12H18N2O2. The number of anilines is 1. The van der Waals surface area contributed by atoms with E-state index in [1.54, 1.807) is 7.11 Å². The molecule has 0 aliphatic carbocycles. The minimum atomic E-state index is -0.188. The number of ether oxygens (including phenoxy) is 1. The monoisotopic (exact) mass is 222 g/mol. The van der Waals surface area contributed by atoms with Crippen molar-refractivity contribution in [3.63, 3.8) is 0 Å². The van der Waals surface area contributed by atoms with Crippen LogP contribution in [-0.2, 0) is 4.79 Å². The summed E-state index contributed by atoms with van der Waals surface area (Å²) in [5, 5.41) is 2.77. The molecule has 0 bridgehead atoms. The molecule has 4 nitrogen and oxygen atoms in total. The molecule has 1 rings (SSSR count).